The predicted molar refractivity (Wildman–Crippen MR) is 58.3 cm³/mol. The normalized spacial score (nSPS) is 25.1. The maximum Gasteiger partial charge on any atom is 0.240 e. The molecule has 2 rings (SSSR count). The number of hydrogen-bond acceptors (Lipinski definition) is 6. The van der Waals surface area contributed by atoms with Crippen LogP contribution in [0.15, 0.2) is 10.6 Å². The van der Waals surface area contributed by atoms with Gasteiger partial charge in [0, 0.05) is 19.2 Å². The van der Waals surface area contributed by atoms with Gasteiger partial charge in [0.25, 0.3) is 0 Å². The number of likely N-dealkylation sites (tertiary alicyclic amines) is 1. The summed E-state index contributed by atoms with van der Waals surface area (Å²) in [6.07, 6.45) is -1.56. The zero-order valence-electron chi connectivity index (χ0n) is 9.46. The molecule has 2 atom stereocenters. The van der Waals surface area contributed by atoms with Crippen LogP contribution in [-0.4, -0.2) is 58.0 Å². The van der Waals surface area contributed by atoms with E-state index in [0.29, 0.717) is 24.7 Å². The lowest BCUT2D eigenvalue weighted by Gasteiger charge is -2.12. The Balaban J connectivity index is 1.82. The molecule has 1 aromatic rings. The van der Waals surface area contributed by atoms with Crippen LogP contribution in [0.2, 0.25) is 0 Å². The van der Waals surface area contributed by atoms with Crippen molar-refractivity contribution in [3.05, 3.63) is 11.8 Å². The average Bonchev–Trinajstić information content (AvgIpc) is 2.75. The molecule has 94 valence electrons. The number of hydrogen-bond donors (Lipinski definition) is 3. The minimum atomic E-state index is -0.782. The van der Waals surface area contributed by atoms with Crippen molar-refractivity contribution < 1.29 is 19.5 Å². The van der Waals surface area contributed by atoms with Crippen molar-refractivity contribution in [2.24, 2.45) is 0 Å². The van der Waals surface area contributed by atoms with Gasteiger partial charge in [-0.3, -0.25) is 15.0 Å². The van der Waals surface area contributed by atoms with Crippen LogP contribution in [-0.2, 0) is 4.79 Å². The molecule has 3 N–H and O–H groups in total. The van der Waals surface area contributed by atoms with Gasteiger partial charge in [0.15, 0.2) is 0 Å². The number of rotatable bonds is 3. The quantitative estimate of drug-likeness (QED) is 0.625. The molecule has 1 amide bonds. The lowest BCUT2D eigenvalue weighted by Crippen LogP contribution is -2.32. The SMILES string of the molecule is Cc1cc(NC(=O)CN2C[C@@H](O)[C@@H](O)C2)on1. The average molecular weight is 241 g/mol. The molecule has 0 radical (unpaired) electrons. The summed E-state index contributed by atoms with van der Waals surface area (Å²) in [5.74, 6) is 0.0373. The monoisotopic (exact) mass is 241 g/mol. The standard InChI is InChI=1S/C10H15N3O4/c1-6-2-10(17-12-6)11-9(16)5-13-3-7(14)8(15)4-13/h2,7-8,14-15H,3-5H2,1H3,(H,11,16)/t7-,8+. The Kier molecular flexibility index (Phi) is 3.41. The summed E-state index contributed by atoms with van der Waals surface area (Å²) in [6, 6.07) is 1.62. The van der Waals surface area contributed by atoms with Gasteiger partial charge in [0.2, 0.25) is 11.8 Å². The van der Waals surface area contributed by atoms with Crippen LogP contribution in [0.4, 0.5) is 5.88 Å². The van der Waals surface area contributed by atoms with Crippen molar-refractivity contribution in [1.82, 2.24) is 10.1 Å². The van der Waals surface area contributed by atoms with E-state index in [9.17, 15) is 15.0 Å². The van der Waals surface area contributed by atoms with Gasteiger partial charge < -0.3 is 14.7 Å². The molecule has 1 aliphatic rings. The van der Waals surface area contributed by atoms with Gasteiger partial charge in [0.1, 0.15) is 0 Å². The first kappa shape index (κ1) is 12.0. The number of aliphatic hydroxyl groups excluding tert-OH is 2. The third-order valence-electron chi connectivity index (χ3n) is 2.59. The van der Waals surface area contributed by atoms with Gasteiger partial charge in [-0.15, -0.1) is 0 Å². The minimum Gasteiger partial charge on any atom is -0.389 e. The molecule has 0 saturated carbocycles. The van der Waals surface area contributed by atoms with E-state index in [2.05, 4.69) is 10.5 Å². The molecule has 1 aromatic heterocycles. The fourth-order valence-corrected chi connectivity index (χ4v) is 1.78. The van der Waals surface area contributed by atoms with Crippen molar-refractivity contribution in [3.8, 4) is 0 Å². The molecule has 17 heavy (non-hydrogen) atoms. The number of carbonyl (C=O) groups is 1. The third-order valence-corrected chi connectivity index (χ3v) is 2.59. The first-order valence-corrected chi connectivity index (χ1v) is 5.36. The zero-order chi connectivity index (χ0) is 12.4. The topological polar surface area (TPSA) is 98.8 Å². The Morgan fingerprint density at radius 2 is 2.24 bits per heavy atom. The number of nitrogens with one attached hydrogen (secondary N) is 1. The van der Waals surface area contributed by atoms with Crippen LogP contribution < -0.4 is 5.32 Å². The van der Waals surface area contributed by atoms with Crippen LogP contribution in [0.3, 0.4) is 0 Å². The fraction of sp³-hybridized carbons (Fsp3) is 0.600. The smallest absolute Gasteiger partial charge is 0.240 e. The van der Waals surface area contributed by atoms with Crippen molar-refractivity contribution in [3.63, 3.8) is 0 Å². The second-order valence-corrected chi connectivity index (χ2v) is 4.21. The molecule has 7 nitrogen and oxygen atoms in total. The summed E-state index contributed by atoms with van der Waals surface area (Å²) >= 11 is 0. The van der Waals surface area contributed by atoms with E-state index in [1.807, 2.05) is 0 Å². The van der Waals surface area contributed by atoms with Gasteiger partial charge >= 0.3 is 0 Å². The second-order valence-electron chi connectivity index (χ2n) is 4.21. The Labute approximate surface area is 98.0 Å². The van der Waals surface area contributed by atoms with Gasteiger partial charge in [-0.05, 0) is 6.92 Å². The number of aryl methyl sites for hydroxylation is 1. The predicted octanol–water partition coefficient (Wildman–Crippen LogP) is -1.04. The zero-order valence-corrected chi connectivity index (χ0v) is 9.46. The Morgan fingerprint density at radius 1 is 1.59 bits per heavy atom. The molecule has 7 heteroatoms. The Bertz CT molecular complexity index is 396. The molecule has 2 heterocycles. The third kappa shape index (κ3) is 3.02. The van der Waals surface area contributed by atoms with Gasteiger partial charge in [-0.1, -0.05) is 5.16 Å². The number of aliphatic hydroxyl groups is 2. The number of aromatic nitrogens is 1. The highest BCUT2D eigenvalue weighted by Gasteiger charge is 2.30. The minimum absolute atomic E-state index is 0.105. The van der Waals surface area contributed by atoms with Crippen molar-refractivity contribution in [2.45, 2.75) is 19.1 Å². The first-order valence-electron chi connectivity index (χ1n) is 5.36. The molecule has 0 aromatic carbocycles. The second kappa shape index (κ2) is 4.82. The van der Waals surface area contributed by atoms with Crippen LogP contribution in [0.1, 0.15) is 5.69 Å². The van der Waals surface area contributed by atoms with E-state index >= 15 is 0 Å². The lowest BCUT2D eigenvalue weighted by atomic mass is 10.3. The van der Waals surface area contributed by atoms with E-state index in [0.717, 1.165) is 0 Å². The van der Waals surface area contributed by atoms with Gasteiger partial charge in [-0.2, -0.15) is 0 Å². The molecule has 0 aliphatic carbocycles. The van der Waals surface area contributed by atoms with Gasteiger partial charge in [-0.25, -0.2) is 0 Å². The number of β-amino-alcohol motifs (C(OH)–C–C–N with tert-alkyl or cyclic N) is 2. The number of amides is 1. The summed E-state index contributed by atoms with van der Waals surface area (Å²) in [7, 11) is 0. The highest BCUT2D eigenvalue weighted by molar-refractivity contribution is 5.90. The molecule has 0 unspecified atom stereocenters. The molecular formula is C10H15N3O4. The summed E-state index contributed by atoms with van der Waals surface area (Å²) in [5.41, 5.74) is 0.687. The fourth-order valence-electron chi connectivity index (χ4n) is 1.78. The van der Waals surface area contributed by atoms with E-state index in [1.54, 1.807) is 17.9 Å². The molecule has 1 fully saturated rings. The summed E-state index contributed by atoms with van der Waals surface area (Å²) in [4.78, 5) is 13.3. The van der Waals surface area contributed by atoms with Crippen molar-refractivity contribution in [2.75, 3.05) is 25.0 Å². The maximum absolute atomic E-state index is 11.6. The van der Waals surface area contributed by atoms with Gasteiger partial charge in [0.05, 0.1) is 24.4 Å². The van der Waals surface area contributed by atoms with E-state index < -0.39 is 12.2 Å². The number of carbonyl (C=O) groups excluding carboxylic acids is 1. The molecule has 0 spiro atoms. The number of nitrogens with zero attached hydrogens (tertiary/aromatic N) is 2. The first-order chi connectivity index (χ1) is 8.04. The lowest BCUT2D eigenvalue weighted by molar-refractivity contribution is -0.117. The van der Waals surface area contributed by atoms with E-state index in [1.165, 1.54) is 0 Å². The summed E-state index contributed by atoms with van der Waals surface area (Å²) in [5, 5.41) is 24.8. The van der Waals surface area contributed by atoms with Crippen LogP contribution >= 0.6 is 0 Å². The van der Waals surface area contributed by atoms with E-state index in [4.69, 9.17) is 4.52 Å². The highest BCUT2D eigenvalue weighted by Crippen LogP contribution is 2.11. The Hall–Kier alpha value is -1.44. The van der Waals surface area contributed by atoms with Crippen LogP contribution in [0.5, 0.6) is 0 Å². The molecule has 1 saturated heterocycles. The molecule has 0 bridgehead atoms. The largest absolute Gasteiger partial charge is 0.389 e. The summed E-state index contributed by atoms with van der Waals surface area (Å²) in [6.45, 7) is 2.45. The molecular weight excluding hydrogens is 226 g/mol. The van der Waals surface area contributed by atoms with Crippen LogP contribution in [0.25, 0.3) is 0 Å². The maximum atomic E-state index is 11.6. The molecule has 1 aliphatic heterocycles. The summed E-state index contributed by atoms with van der Waals surface area (Å²) < 4.78 is 4.84. The highest BCUT2D eigenvalue weighted by atomic mass is 16.5. The Morgan fingerprint density at radius 3 is 2.76 bits per heavy atom. The van der Waals surface area contributed by atoms with Crippen LogP contribution in [0, 0.1) is 6.92 Å². The number of anilines is 1. The van der Waals surface area contributed by atoms with E-state index in [-0.39, 0.29) is 12.5 Å². The van der Waals surface area contributed by atoms with Crippen molar-refractivity contribution >= 4 is 11.8 Å². The van der Waals surface area contributed by atoms with Crippen molar-refractivity contribution in [1.29, 1.82) is 0 Å².